The SMILES string of the molecule is NNc1cc(OC2CCN(Cc3ccccc3)C2)ncn1. The summed E-state index contributed by atoms with van der Waals surface area (Å²) >= 11 is 0. The maximum atomic E-state index is 5.90. The van der Waals surface area contributed by atoms with Crippen LogP contribution in [0.2, 0.25) is 0 Å². The molecule has 1 atom stereocenters. The van der Waals surface area contributed by atoms with Gasteiger partial charge in [0.1, 0.15) is 18.2 Å². The molecule has 0 amide bonds. The molecule has 1 saturated heterocycles. The van der Waals surface area contributed by atoms with Crippen LogP contribution in [0.1, 0.15) is 12.0 Å². The van der Waals surface area contributed by atoms with Gasteiger partial charge in [-0.25, -0.2) is 15.8 Å². The number of nitrogens with one attached hydrogen (secondary N) is 1. The number of likely N-dealkylation sites (tertiary alicyclic amines) is 1. The van der Waals surface area contributed by atoms with Gasteiger partial charge in [-0.05, 0) is 12.0 Å². The van der Waals surface area contributed by atoms with Crippen molar-refractivity contribution in [2.75, 3.05) is 18.5 Å². The molecule has 6 nitrogen and oxygen atoms in total. The Bertz CT molecular complexity index is 577. The fraction of sp³-hybridized carbons (Fsp3) is 0.333. The molecule has 1 aromatic carbocycles. The third kappa shape index (κ3) is 3.68. The summed E-state index contributed by atoms with van der Waals surface area (Å²) in [7, 11) is 0. The van der Waals surface area contributed by atoms with E-state index >= 15 is 0 Å². The van der Waals surface area contributed by atoms with Crippen LogP contribution in [-0.2, 0) is 6.54 Å². The Labute approximate surface area is 123 Å². The zero-order chi connectivity index (χ0) is 14.5. The Morgan fingerprint density at radius 1 is 1.29 bits per heavy atom. The van der Waals surface area contributed by atoms with Gasteiger partial charge < -0.3 is 10.2 Å². The van der Waals surface area contributed by atoms with Crippen molar-refractivity contribution in [1.29, 1.82) is 0 Å². The molecule has 1 aromatic heterocycles. The molecule has 0 radical (unpaired) electrons. The summed E-state index contributed by atoms with van der Waals surface area (Å²) in [5.41, 5.74) is 3.82. The predicted octanol–water partition coefficient (Wildman–Crippen LogP) is 1.42. The van der Waals surface area contributed by atoms with Crippen LogP contribution in [0.25, 0.3) is 0 Å². The first kappa shape index (κ1) is 13.8. The average Bonchev–Trinajstić information content (AvgIpc) is 2.95. The van der Waals surface area contributed by atoms with Gasteiger partial charge in [0.05, 0.1) is 0 Å². The van der Waals surface area contributed by atoms with Gasteiger partial charge in [-0.3, -0.25) is 4.90 Å². The second-order valence-corrected chi connectivity index (χ2v) is 5.14. The molecule has 2 heterocycles. The topological polar surface area (TPSA) is 76.3 Å². The molecule has 21 heavy (non-hydrogen) atoms. The van der Waals surface area contributed by atoms with Crippen LogP contribution in [0.5, 0.6) is 5.88 Å². The minimum absolute atomic E-state index is 0.161. The molecular weight excluding hydrogens is 266 g/mol. The predicted molar refractivity (Wildman–Crippen MR) is 80.6 cm³/mol. The van der Waals surface area contributed by atoms with Crippen LogP contribution in [0.15, 0.2) is 42.7 Å². The van der Waals surface area contributed by atoms with Crippen molar-refractivity contribution in [3.8, 4) is 5.88 Å². The summed E-state index contributed by atoms with van der Waals surface area (Å²) in [6.45, 7) is 2.90. The smallest absolute Gasteiger partial charge is 0.218 e. The summed E-state index contributed by atoms with van der Waals surface area (Å²) in [5, 5.41) is 0. The highest BCUT2D eigenvalue weighted by atomic mass is 16.5. The van der Waals surface area contributed by atoms with Crippen molar-refractivity contribution in [3.63, 3.8) is 0 Å². The fourth-order valence-electron chi connectivity index (χ4n) is 2.53. The molecule has 0 saturated carbocycles. The molecule has 1 aliphatic heterocycles. The number of rotatable bonds is 5. The quantitative estimate of drug-likeness (QED) is 0.639. The van der Waals surface area contributed by atoms with E-state index in [0.717, 1.165) is 26.1 Å². The van der Waals surface area contributed by atoms with Gasteiger partial charge >= 0.3 is 0 Å². The van der Waals surface area contributed by atoms with E-state index in [1.165, 1.54) is 11.9 Å². The van der Waals surface area contributed by atoms with Crippen molar-refractivity contribution < 1.29 is 4.74 Å². The normalized spacial score (nSPS) is 18.6. The van der Waals surface area contributed by atoms with Gasteiger partial charge in [-0.2, -0.15) is 0 Å². The molecule has 0 aliphatic carbocycles. The Morgan fingerprint density at radius 2 is 2.14 bits per heavy atom. The molecule has 1 fully saturated rings. The second kappa shape index (κ2) is 6.51. The first-order valence-corrected chi connectivity index (χ1v) is 7.05. The van der Waals surface area contributed by atoms with E-state index < -0.39 is 0 Å². The number of hydrogen-bond acceptors (Lipinski definition) is 6. The Kier molecular flexibility index (Phi) is 4.28. The van der Waals surface area contributed by atoms with Gasteiger partial charge in [0, 0.05) is 25.7 Å². The van der Waals surface area contributed by atoms with Gasteiger partial charge in [0.25, 0.3) is 0 Å². The fourth-order valence-corrected chi connectivity index (χ4v) is 2.53. The van der Waals surface area contributed by atoms with Crippen molar-refractivity contribution >= 4 is 5.82 Å². The largest absolute Gasteiger partial charge is 0.473 e. The van der Waals surface area contributed by atoms with E-state index in [1.807, 2.05) is 6.07 Å². The maximum absolute atomic E-state index is 5.90. The lowest BCUT2D eigenvalue weighted by molar-refractivity contribution is 0.191. The molecule has 1 aliphatic rings. The minimum Gasteiger partial charge on any atom is -0.473 e. The van der Waals surface area contributed by atoms with Crippen LogP contribution in [0.3, 0.4) is 0 Å². The Balaban J connectivity index is 1.54. The Morgan fingerprint density at radius 3 is 2.95 bits per heavy atom. The van der Waals surface area contributed by atoms with Gasteiger partial charge in [0.2, 0.25) is 5.88 Å². The zero-order valence-corrected chi connectivity index (χ0v) is 11.8. The lowest BCUT2D eigenvalue weighted by atomic mass is 10.2. The second-order valence-electron chi connectivity index (χ2n) is 5.14. The number of nitrogens with zero attached hydrogens (tertiary/aromatic N) is 3. The number of aromatic nitrogens is 2. The van der Waals surface area contributed by atoms with E-state index in [4.69, 9.17) is 10.6 Å². The van der Waals surface area contributed by atoms with Crippen molar-refractivity contribution in [2.24, 2.45) is 5.84 Å². The molecule has 3 N–H and O–H groups in total. The number of ether oxygens (including phenoxy) is 1. The minimum atomic E-state index is 0.161. The highest BCUT2D eigenvalue weighted by Crippen LogP contribution is 2.19. The summed E-state index contributed by atoms with van der Waals surface area (Å²) in [5.74, 6) is 6.45. The zero-order valence-electron chi connectivity index (χ0n) is 11.8. The third-order valence-electron chi connectivity index (χ3n) is 3.56. The van der Waals surface area contributed by atoms with Crippen LogP contribution in [0, 0.1) is 0 Å². The number of anilines is 1. The molecule has 0 bridgehead atoms. The number of nitrogen functional groups attached to an aromatic ring is 1. The van der Waals surface area contributed by atoms with Crippen LogP contribution in [0.4, 0.5) is 5.82 Å². The van der Waals surface area contributed by atoms with Gasteiger partial charge in [-0.1, -0.05) is 30.3 Å². The first-order chi connectivity index (χ1) is 10.3. The maximum Gasteiger partial charge on any atom is 0.218 e. The monoisotopic (exact) mass is 285 g/mol. The van der Waals surface area contributed by atoms with Crippen molar-refractivity contribution in [2.45, 2.75) is 19.1 Å². The van der Waals surface area contributed by atoms with Crippen molar-refractivity contribution in [3.05, 3.63) is 48.3 Å². The van der Waals surface area contributed by atoms with Gasteiger partial charge in [-0.15, -0.1) is 0 Å². The molecule has 110 valence electrons. The van der Waals surface area contributed by atoms with E-state index in [0.29, 0.717) is 11.7 Å². The van der Waals surface area contributed by atoms with Crippen LogP contribution >= 0.6 is 0 Å². The van der Waals surface area contributed by atoms with E-state index in [-0.39, 0.29) is 6.10 Å². The number of nitrogens with two attached hydrogens (primary N) is 1. The van der Waals surface area contributed by atoms with Crippen LogP contribution in [-0.4, -0.2) is 34.1 Å². The summed E-state index contributed by atoms with van der Waals surface area (Å²) < 4.78 is 5.90. The molecule has 6 heteroatoms. The third-order valence-corrected chi connectivity index (χ3v) is 3.56. The summed E-state index contributed by atoms with van der Waals surface area (Å²) in [4.78, 5) is 10.5. The number of hydrazine groups is 1. The average molecular weight is 285 g/mol. The summed E-state index contributed by atoms with van der Waals surface area (Å²) in [6, 6.07) is 12.2. The molecule has 1 unspecified atom stereocenters. The highest BCUT2D eigenvalue weighted by Gasteiger charge is 2.24. The first-order valence-electron chi connectivity index (χ1n) is 7.05. The molecular formula is C15H19N5O. The Hall–Kier alpha value is -2.18. The van der Waals surface area contributed by atoms with Crippen LogP contribution < -0.4 is 16.0 Å². The molecule has 0 spiro atoms. The number of benzene rings is 1. The standard InChI is InChI=1S/C15H19N5O/c16-19-14-8-15(18-11-17-14)21-13-6-7-20(10-13)9-12-4-2-1-3-5-12/h1-5,8,11,13H,6-7,9-10,16H2,(H,17,18,19). The van der Waals surface area contributed by atoms with Gasteiger partial charge in [0.15, 0.2) is 0 Å². The highest BCUT2D eigenvalue weighted by molar-refractivity contribution is 5.35. The molecule has 2 aromatic rings. The summed E-state index contributed by atoms with van der Waals surface area (Å²) in [6.07, 6.45) is 2.61. The number of hydrogen-bond donors (Lipinski definition) is 2. The van der Waals surface area contributed by atoms with E-state index in [9.17, 15) is 0 Å². The lowest BCUT2D eigenvalue weighted by Crippen LogP contribution is -2.24. The van der Waals surface area contributed by atoms with E-state index in [2.05, 4.69) is 44.6 Å². The van der Waals surface area contributed by atoms with E-state index in [1.54, 1.807) is 6.07 Å². The molecule has 3 rings (SSSR count). The lowest BCUT2D eigenvalue weighted by Gasteiger charge is -2.16. The van der Waals surface area contributed by atoms with Crippen molar-refractivity contribution in [1.82, 2.24) is 14.9 Å².